The molecule has 0 aromatic carbocycles. The molecule has 0 radical (unpaired) electrons. The van der Waals surface area contributed by atoms with Gasteiger partial charge in [-0.15, -0.1) is 0 Å². The van der Waals surface area contributed by atoms with Gasteiger partial charge in [0, 0.05) is 21.7 Å². The zero-order valence-electron chi connectivity index (χ0n) is 2.51. The van der Waals surface area contributed by atoms with Crippen LogP contribution in [0.25, 0.3) is 0 Å². The summed E-state index contributed by atoms with van der Waals surface area (Å²) in [5.74, 6) is 0. The van der Waals surface area contributed by atoms with Crippen LogP contribution in [0.15, 0.2) is 0 Å². The van der Waals surface area contributed by atoms with E-state index in [4.69, 9.17) is 35.7 Å². The van der Waals surface area contributed by atoms with Crippen LogP contribution in [-0.2, 0) is 21.7 Å². The first kappa shape index (κ1) is 11.5. The number of halogens is 4. The van der Waals surface area contributed by atoms with Crippen molar-refractivity contribution in [3.8, 4) is 0 Å². The maximum Gasteiger partial charge on any atom is 0 e. The summed E-state index contributed by atoms with van der Waals surface area (Å²) in [4.78, 5) is 0. The molecule has 0 fully saturated rings. The molecule has 0 amide bonds. The SMILES string of the molecule is [Cl][Sn]([Cl])([Cl])[Cl].[Ti]. The summed E-state index contributed by atoms with van der Waals surface area (Å²) in [7, 11) is 20.1. The molecule has 0 aliphatic carbocycles. The molecule has 0 heterocycles. The van der Waals surface area contributed by atoms with Gasteiger partial charge in [-0.05, 0) is 0 Å². The average molecular weight is 308 g/mol. The molecule has 36 valence electrons. The van der Waals surface area contributed by atoms with Crippen molar-refractivity contribution in [3.63, 3.8) is 0 Å². The van der Waals surface area contributed by atoms with E-state index < -0.39 is 13.9 Å². The summed E-state index contributed by atoms with van der Waals surface area (Å²) in [5.41, 5.74) is 0. The van der Waals surface area contributed by atoms with Crippen molar-refractivity contribution in [2.45, 2.75) is 0 Å². The average Bonchev–Trinajstić information content (AvgIpc) is 0.722. The van der Waals surface area contributed by atoms with Gasteiger partial charge in [0.2, 0.25) is 0 Å². The first-order valence-corrected chi connectivity index (χ1v) is 15.2. The molecule has 0 atom stereocenters. The molecule has 0 nitrogen and oxygen atoms in total. The number of rotatable bonds is 0. The Morgan fingerprint density at radius 2 is 0.833 bits per heavy atom. The molecule has 0 aromatic heterocycles. The van der Waals surface area contributed by atoms with Crippen LogP contribution in [-0.4, -0.2) is 13.9 Å². The van der Waals surface area contributed by atoms with Crippen LogP contribution in [0, 0.1) is 0 Å². The molecule has 0 bridgehead atoms. The van der Waals surface area contributed by atoms with Gasteiger partial charge in [-0.2, -0.15) is 0 Å². The monoisotopic (exact) mass is 308 g/mol. The van der Waals surface area contributed by atoms with Crippen LogP contribution in [0.5, 0.6) is 0 Å². The van der Waals surface area contributed by atoms with E-state index in [1.54, 1.807) is 0 Å². The minimum atomic E-state index is -3.29. The van der Waals surface area contributed by atoms with Gasteiger partial charge in [-0.25, -0.2) is 0 Å². The Bertz CT molecular complexity index is 23.0. The molecule has 0 unspecified atom stereocenters. The van der Waals surface area contributed by atoms with E-state index in [1.165, 1.54) is 0 Å². The van der Waals surface area contributed by atoms with E-state index in [-0.39, 0.29) is 21.7 Å². The van der Waals surface area contributed by atoms with Crippen molar-refractivity contribution >= 4 is 49.6 Å². The van der Waals surface area contributed by atoms with Crippen LogP contribution in [0.2, 0.25) is 0 Å². The molecule has 0 rings (SSSR count). The third-order valence-electron chi connectivity index (χ3n) is 0. The van der Waals surface area contributed by atoms with Crippen molar-refractivity contribution in [3.05, 3.63) is 0 Å². The number of hydrogen-bond acceptors (Lipinski definition) is 0. The molecule has 0 aliphatic heterocycles. The number of hydrogen-bond donors (Lipinski definition) is 0. The second kappa shape index (κ2) is 4.54. The maximum absolute atomic E-state index is 5.04. The summed E-state index contributed by atoms with van der Waals surface area (Å²) in [6.45, 7) is 0. The van der Waals surface area contributed by atoms with Crippen molar-refractivity contribution in [2.75, 3.05) is 0 Å². The smallest absolute Gasteiger partial charge is 0 e. The zero-order chi connectivity index (χ0) is 4.50. The Hall–Kier alpha value is 2.67. The van der Waals surface area contributed by atoms with Crippen molar-refractivity contribution < 1.29 is 21.7 Å². The molecule has 6 heavy (non-hydrogen) atoms. The Morgan fingerprint density at radius 1 is 0.833 bits per heavy atom. The first-order chi connectivity index (χ1) is 2.00. The van der Waals surface area contributed by atoms with Crippen LogP contribution in [0.3, 0.4) is 0 Å². The standard InChI is InChI=1S/4ClH.Sn.Ti/h4*1H;;/q;;;;+4;/p-4. The Kier molecular flexibility index (Phi) is 8.68. The molecule has 0 saturated heterocycles. The van der Waals surface area contributed by atoms with Crippen molar-refractivity contribution in [2.24, 2.45) is 0 Å². The molecule has 0 aliphatic rings. The second-order valence-electron chi connectivity index (χ2n) is 0.429. The van der Waals surface area contributed by atoms with Gasteiger partial charge in [0.1, 0.15) is 0 Å². The van der Waals surface area contributed by atoms with Crippen LogP contribution in [0.4, 0.5) is 0 Å². The molecule has 0 spiro atoms. The normalized spacial score (nSPS) is 10.0. The van der Waals surface area contributed by atoms with Crippen molar-refractivity contribution in [1.29, 1.82) is 0 Å². The van der Waals surface area contributed by atoms with Crippen LogP contribution in [0.1, 0.15) is 0 Å². The fraction of sp³-hybridized carbons (Fsp3) is 0. The Morgan fingerprint density at radius 3 is 0.833 bits per heavy atom. The fourth-order valence-corrected chi connectivity index (χ4v) is 0. The summed E-state index contributed by atoms with van der Waals surface area (Å²) in [6.07, 6.45) is 0. The van der Waals surface area contributed by atoms with E-state index in [9.17, 15) is 0 Å². The predicted molar refractivity (Wildman–Crippen MR) is 29.2 cm³/mol. The quantitative estimate of drug-likeness (QED) is 0.603. The van der Waals surface area contributed by atoms with E-state index >= 15 is 0 Å². The summed E-state index contributed by atoms with van der Waals surface area (Å²) in [5, 5.41) is 0. The molecular formula is Cl4SnTi. The minimum absolute atomic E-state index is 0. The molecule has 0 aromatic rings. The van der Waals surface area contributed by atoms with Gasteiger partial charge in [0.25, 0.3) is 0 Å². The zero-order valence-corrected chi connectivity index (χ0v) is 9.95. The van der Waals surface area contributed by atoms with Gasteiger partial charge in [0.15, 0.2) is 0 Å². The van der Waals surface area contributed by atoms with Crippen LogP contribution < -0.4 is 0 Å². The first-order valence-electron chi connectivity index (χ1n) is 0.756. The van der Waals surface area contributed by atoms with Gasteiger partial charge in [-0.1, -0.05) is 0 Å². The van der Waals surface area contributed by atoms with Gasteiger partial charge >= 0.3 is 49.6 Å². The molecule has 0 N–H and O–H groups in total. The van der Waals surface area contributed by atoms with Crippen LogP contribution >= 0.6 is 35.7 Å². The topological polar surface area (TPSA) is 0 Å². The summed E-state index contributed by atoms with van der Waals surface area (Å²) < 4.78 is 0. The third kappa shape index (κ3) is 30.1. The second-order valence-corrected chi connectivity index (χ2v) is 25.9. The van der Waals surface area contributed by atoms with Crippen molar-refractivity contribution in [1.82, 2.24) is 0 Å². The van der Waals surface area contributed by atoms with Gasteiger partial charge in [0.05, 0.1) is 0 Å². The van der Waals surface area contributed by atoms with E-state index in [0.29, 0.717) is 0 Å². The van der Waals surface area contributed by atoms with E-state index in [1.807, 2.05) is 0 Å². The van der Waals surface area contributed by atoms with E-state index in [2.05, 4.69) is 0 Å². The summed E-state index contributed by atoms with van der Waals surface area (Å²) >= 11 is -3.29. The summed E-state index contributed by atoms with van der Waals surface area (Å²) in [6, 6.07) is 0. The molecular weight excluding hydrogens is 308 g/mol. The molecule has 6 heteroatoms. The van der Waals surface area contributed by atoms with E-state index in [0.717, 1.165) is 0 Å². The van der Waals surface area contributed by atoms with Gasteiger partial charge in [-0.3, -0.25) is 0 Å². The fourth-order valence-electron chi connectivity index (χ4n) is 0. The third-order valence-corrected chi connectivity index (χ3v) is 0. The largest absolute Gasteiger partial charge is 0 e. The van der Waals surface area contributed by atoms with Gasteiger partial charge < -0.3 is 0 Å². The minimum Gasteiger partial charge on any atom is 0 e. The predicted octanol–water partition coefficient (Wildman–Crippen LogP) is 2.37. The Balaban J connectivity index is 0. The molecule has 0 saturated carbocycles. The Labute approximate surface area is 70.1 Å². The maximum atomic E-state index is 5.04.